The van der Waals surface area contributed by atoms with Crippen molar-refractivity contribution in [2.75, 3.05) is 20.2 Å². The van der Waals surface area contributed by atoms with Crippen molar-refractivity contribution < 1.29 is 14.1 Å². The lowest BCUT2D eigenvalue weighted by molar-refractivity contribution is -0.384. The van der Waals surface area contributed by atoms with Crippen molar-refractivity contribution in [1.29, 1.82) is 0 Å². The molecule has 0 amide bonds. The third kappa shape index (κ3) is 4.65. The quantitative estimate of drug-likeness (QED) is 0.407. The summed E-state index contributed by atoms with van der Waals surface area (Å²) in [6.07, 6.45) is 0. The summed E-state index contributed by atoms with van der Waals surface area (Å²) in [5, 5.41) is 19.5. The molecule has 3 aromatic rings. The molecule has 0 aliphatic heterocycles. The first kappa shape index (κ1) is 19.8. The van der Waals surface area contributed by atoms with Crippen LogP contribution < -0.4 is 4.74 Å². The Bertz CT molecular complexity index is 945. The van der Waals surface area contributed by atoms with Crippen LogP contribution in [0.4, 0.5) is 5.69 Å². The minimum atomic E-state index is -0.454. The van der Waals surface area contributed by atoms with Crippen LogP contribution in [0.1, 0.15) is 18.9 Å². The molecular weight excluding hydrogens is 384 g/mol. The molecule has 0 aliphatic rings. The van der Waals surface area contributed by atoms with E-state index in [1.807, 2.05) is 37.1 Å². The van der Waals surface area contributed by atoms with Crippen LogP contribution >= 0.6 is 11.6 Å². The summed E-state index contributed by atoms with van der Waals surface area (Å²) in [6.45, 7) is 3.03. The number of nitrogens with zero attached hydrogens (tertiary/aromatic N) is 4. The maximum absolute atomic E-state index is 10.7. The number of aromatic nitrogens is 2. The first-order valence-corrected chi connectivity index (χ1v) is 8.99. The van der Waals surface area contributed by atoms with Crippen LogP contribution in [0.15, 0.2) is 52.9 Å². The highest BCUT2D eigenvalue weighted by molar-refractivity contribution is 6.32. The van der Waals surface area contributed by atoms with Gasteiger partial charge in [0, 0.05) is 24.2 Å². The molecule has 0 saturated heterocycles. The lowest BCUT2D eigenvalue weighted by Crippen LogP contribution is -2.27. The number of ether oxygens (including phenoxy) is 1. The van der Waals surface area contributed by atoms with Crippen LogP contribution in [-0.2, 0) is 0 Å². The fourth-order valence-corrected chi connectivity index (χ4v) is 2.68. The maximum atomic E-state index is 10.7. The SMILES string of the molecule is C[C@@H](c1nnc(-c2ccc([N+](=O)[O-])cc2)o1)N(C)CCOc1ccccc1Cl. The van der Waals surface area contributed by atoms with E-state index in [2.05, 4.69) is 10.2 Å². The Hall–Kier alpha value is -2.97. The largest absolute Gasteiger partial charge is 0.491 e. The number of para-hydroxylation sites is 1. The van der Waals surface area contributed by atoms with Crippen LogP contribution in [0.5, 0.6) is 5.75 Å². The number of rotatable bonds is 8. The van der Waals surface area contributed by atoms with Gasteiger partial charge in [-0.1, -0.05) is 23.7 Å². The van der Waals surface area contributed by atoms with Crippen molar-refractivity contribution in [2.45, 2.75) is 13.0 Å². The smallest absolute Gasteiger partial charge is 0.269 e. The van der Waals surface area contributed by atoms with Crippen molar-refractivity contribution in [2.24, 2.45) is 0 Å². The summed E-state index contributed by atoms with van der Waals surface area (Å²) in [5.41, 5.74) is 0.636. The third-order valence-electron chi connectivity index (χ3n) is 4.32. The van der Waals surface area contributed by atoms with Gasteiger partial charge >= 0.3 is 0 Å². The van der Waals surface area contributed by atoms with E-state index < -0.39 is 4.92 Å². The molecule has 3 rings (SSSR count). The van der Waals surface area contributed by atoms with Gasteiger partial charge in [-0.3, -0.25) is 15.0 Å². The second kappa shape index (κ2) is 8.81. The number of nitro groups is 1. The molecule has 9 heteroatoms. The molecule has 0 saturated carbocycles. The number of halogens is 1. The molecule has 8 nitrogen and oxygen atoms in total. The fourth-order valence-electron chi connectivity index (χ4n) is 2.49. The van der Waals surface area contributed by atoms with E-state index in [9.17, 15) is 10.1 Å². The molecule has 1 atom stereocenters. The van der Waals surface area contributed by atoms with Crippen LogP contribution in [0.25, 0.3) is 11.5 Å². The Morgan fingerprint density at radius 1 is 1.21 bits per heavy atom. The topological polar surface area (TPSA) is 94.5 Å². The predicted molar refractivity (Wildman–Crippen MR) is 104 cm³/mol. The Morgan fingerprint density at radius 3 is 2.61 bits per heavy atom. The van der Waals surface area contributed by atoms with Gasteiger partial charge in [-0.15, -0.1) is 10.2 Å². The van der Waals surface area contributed by atoms with Crippen molar-refractivity contribution in [1.82, 2.24) is 15.1 Å². The molecule has 0 spiro atoms. The molecule has 146 valence electrons. The zero-order chi connectivity index (χ0) is 20.1. The number of hydrogen-bond donors (Lipinski definition) is 0. The molecule has 2 aromatic carbocycles. The van der Waals surface area contributed by atoms with Gasteiger partial charge in [-0.05, 0) is 38.2 Å². The predicted octanol–water partition coefficient (Wildman–Crippen LogP) is 4.37. The number of nitro benzene ring substituents is 1. The van der Waals surface area contributed by atoms with Gasteiger partial charge in [0.15, 0.2) is 0 Å². The summed E-state index contributed by atoms with van der Waals surface area (Å²) in [6, 6.07) is 13.2. The Balaban J connectivity index is 1.59. The lowest BCUT2D eigenvalue weighted by atomic mass is 10.2. The first-order chi connectivity index (χ1) is 13.5. The lowest BCUT2D eigenvalue weighted by Gasteiger charge is -2.21. The molecule has 0 aliphatic carbocycles. The molecular formula is C19H19ClN4O4. The summed E-state index contributed by atoms with van der Waals surface area (Å²) in [7, 11) is 1.93. The molecule has 1 aromatic heterocycles. The van der Waals surface area contributed by atoms with E-state index in [1.54, 1.807) is 18.2 Å². The fraction of sp³-hybridized carbons (Fsp3) is 0.263. The normalized spacial score (nSPS) is 12.1. The minimum absolute atomic E-state index is 0.00936. The number of benzene rings is 2. The van der Waals surface area contributed by atoms with Crippen molar-refractivity contribution in [3.05, 3.63) is 69.6 Å². The van der Waals surface area contributed by atoms with Crippen molar-refractivity contribution in [3.63, 3.8) is 0 Å². The van der Waals surface area contributed by atoms with Gasteiger partial charge in [0.1, 0.15) is 12.4 Å². The van der Waals surface area contributed by atoms with E-state index in [-0.39, 0.29) is 11.7 Å². The summed E-state index contributed by atoms with van der Waals surface area (Å²) in [4.78, 5) is 12.3. The van der Waals surface area contributed by atoms with Crippen LogP contribution in [0.3, 0.4) is 0 Å². The monoisotopic (exact) mass is 402 g/mol. The molecule has 0 fully saturated rings. The van der Waals surface area contributed by atoms with Crippen LogP contribution in [0, 0.1) is 10.1 Å². The van der Waals surface area contributed by atoms with Gasteiger partial charge in [0.2, 0.25) is 11.8 Å². The van der Waals surface area contributed by atoms with Crippen LogP contribution in [0.2, 0.25) is 5.02 Å². The van der Waals surface area contributed by atoms with E-state index >= 15 is 0 Å². The second-order valence-electron chi connectivity index (χ2n) is 6.18. The average molecular weight is 403 g/mol. The number of non-ortho nitro benzene ring substituents is 1. The van der Waals surface area contributed by atoms with Gasteiger partial charge in [0.25, 0.3) is 5.69 Å². The molecule has 28 heavy (non-hydrogen) atoms. The summed E-state index contributed by atoms with van der Waals surface area (Å²) >= 11 is 6.08. The molecule has 0 radical (unpaired) electrons. The van der Waals surface area contributed by atoms with E-state index in [0.717, 1.165) is 0 Å². The Morgan fingerprint density at radius 2 is 1.93 bits per heavy atom. The number of hydrogen-bond acceptors (Lipinski definition) is 7. The van der Waals surface area contributed by atoms with Gasteiger partial charge in [-0.25, -0.2) is 0 Å². The van der Waals surface area contributed by atoms with Gasteiger partial charge in [0.05, 0.1) is 16.0 Å². The van der Waals surface area contributed by atoms with E-state index in [4.69, 9.17) is 20.8 Å². The van der Waals surface area contributed by atoms with Crippen molar-refractivity contribution in [3.8, 4) is 17.2 Å². The average Bonchev–Trinajstić information content (AvgIpc) is 3.19. The van der Waals surface area contributed by atoms with E-state index in [0.29, 0.717) is 41.3 Å². The molecule has 1 heterocycles. The van der Waals surface area contributed by atoms with Crippen LogP contribution in [-0.4, -0.2) is 40.2 Å². The molecule has 0 bridgehead atoms. The third-order valence-corrected chi connectivity index (χ3v) is 4.63. The zero-order valence-electron chi connectivity index (χ0n) is 15.4. The number of likely N-dealkylation sites (N-methyl/N-ethyl adjacent to an activating group) is 1. The Kier molecular flexibility index (Phi) is 6.23. The zero-order valence-corrected chi connectivity index (χ0v) is 16.2. The summed E-state index contributed by atoms with van der Waals surface area (Å²) < 4.78 is 11.4. The highest BCUT2D eigenvalue weighted by Crippen LogP contribution is 2.25. The van der Waals surface area contributed by atoms with Gasteiger partial charge < -0.3 is 9.15 Å². The second-order valence-corrected chi connectivity index (χ2v) is 6.59. The highest BCUT2D eigenvalue weighted by Gasteiger charge is 2.19. The maximum Gasteiger partial charge on any atom is 0.269 e. The molecule has 0 unspecified atom stereocenters. The summed E-state index contributed by atoms with van der Waals surface area (Å²) in [5.74, 6) is 1.41. The first-order valence-electron chi connectivity index (χ1n) is 8.61. The minimum Gasteiger partial charge on any atom is -0.491 e. The molecule has 0 N–H and O–H groups in total. The van der Waals surface area contributed by atoms with Crippen molar-refractivity contribution >= 4 is 17.3 Å². The Labute approximate surface area is 166 Å². The standard InChI is InChI=1S/C19H19ClN4O4/c1-13(23(2)11-12-27-17-6-4-3-5-16(17)20)18-21-22-19(28-18)14-7-9-15(10-8-14)24(25)26/h3-10,13H,11-12H2,1-2H3/t13-/m0/s1. The highest BCUT2D eigenvalue weighted by atomic mass is 35.5. The van der Waals surface area contributed by atoms with Gasteiger partial charge in [-0.2, -0.15) is 0 Å². The van der Waals surface area contributed by atoms with E-state index in [1.165, 1.54) is 12.1 Å².